The Labute approximate surface area is 118 Å². The molecule has 3 atom stereocenters. The smallest absolute Gasteiger partial charge is 0.232 e. The highest BCUT2D eigenvalue weighted by molar-refractivity contribution is 7.99. The van der Waals surface area contributed by atoms with E-state index < -0.39 is 0 Å². The molecule has 0 saturated carbocycles. The number of rotatable bonds is 7. The molecule has 6 heteroatoms. The lowest BCUT2D eigenvalue weighted by Gasteiger charge is -2.13. The SMILES string of the molecule is CCCC(OCC)c1noc(C2CSCC2NC)n1. The molecule has 2 heterocycles. The van der Waals surface area contributed by atoms with Gasteiger partial charge in [0.15, 0.2) is 0 Å². The first-order chi connectivity index (χ1) is 9.30. The van der Waals surface area contributed by atoms with Crippen LogP contribution in [0.4, 0.5) is 0 Å². The molecule has 0 radical (unpaired) electrons. The third-order valence-corrected chi connectivity index (χ3v) is 4.62. The molecule has 3 unspecified atom stereocenters. The van der Waals surface area contributed by atoms with E-state index in [2.05, 4.69) is 22.4 Å². The summed E-state index contributed by atoms with van der Waals surface area (Å²) >= 11 is 1.93. The topological polar surface area (TPSA) is 60.2 Å². The second-order valence-corrected chi connectivity index (χ2v) is 5.84. The predicted octanol–water partition coefficient (Wildman–Crippen LogP) is 2.37. The Hall–Kier alpha value is -0.590. The minimum atomic E-state index is -0.0328. The summed E-state index contributed by atoms with van der Waals surface area (Å²) < 4.78 is 11.2. The highest BCUT2D eigenvalue weighted by Crippen LogP contribution is 2.32. The average molecular weight is 285 g/mol. The van der Waals surface area contributed by atoms with Crippen LogP contribution in [0.25, 0.3) is 0 Å². The van der Waals surface area contributed by atoms with E-state index in [0.29, 0.717) is 24.4 Å². The lowest BCUT2D eigenvalue weighted by Crippen LogP contribution is -2.31. The standard InChI is InChI=1S/C13H23N3O2S/c1-4-6-11(17-5-2)12-15-13(18-16-12)9-7-19-8-10(9)14-3/h9-11,14H,4-8H2,1-3H3. The molecule has 1 aliphatic heterocycles. The van der Waals surface area contributed by atoms with E-state index in [4.69, 9.17) is 9.26 Å². The number of likely N-dealkylation sites (N-methyl/N-ethyl adjacent to an activating group) is 1. The number of hydrogen-bond donors (Lipinski definition) is 1. The van der Waals surface area contributed by atoms with Crippen molar-refractivity contribution in [2.45, 2.75) is 44.8 Å². The van der Waals surface area contributed by atoms with Crippen molar-refractivity contribution in [3.63, 3.8) is 0 Å². The number of hydrogen-bond acceptors (Lipinski definition) is 6. The third-order valence-electron chi connectivity index (χ3n) is 3.43. The minimum Gasteiger partial charge on any atom is -0.370 e. The van der Waals surface area contributed by atoms with E-state index in [0.717, 1.165) is 30.2 Å². The van der Waals surface area contributed by atoms with Gasteiger partial charge in [-0.25, -0.2) is 0 Å². The van der Waals surface area contributed by atoms with Crippen LogP contribution in [0.5, 0.6) is 0 Å². The lowest BCUT2D eigenvalue weighted by molar-refractivity contribution is 0.0477. The zero-order valence-electron chi connectivity index (χ0n) is 11.9. The first-order valence-electron chi connectivity index (χ1n) is 7.00. The Kier molecular flexibility index (Phi) is 5.66. The van der Waals surface area contributed by atoms with Crippen molar-refractivity contribution >= 4 is 11.8 Å². The molecule has 1 aromatic rings. The first kappa shape index (κ1) is 14.8. The van der Waals surface area contributed by atoms with Crippen LogP contribution in [0.2, 0.25) is 0 Å². The largest absolute Gasteiger partial charge is 0.370 e. The van der Waals surface area contributed by atoms with Gasteiger partial charge in [0.25, 0.3) is 0 Å². The van der Waals surface area contributed by atoms with E-state index in [9.17, 15) is 0 Å². The monoisotopic (exact) mass is 285 g/mol. The van der Waals surface area contributed by atoms with Gasteiger partial charge in [0.2, 0.25) is 11.7 Å². The third kappa shape index (κ3) is 3.49. The first-order valence-corrected chi connectivity index (χ1v) is 8.15. The fraction of sp³-hybridized carbons (Fsp3) is 0.846. The van der Waals surface area contributed by atoms with Gasteiger partial charge >= 0.3 is 0 Å². The van der Waals surface area contributed by atoms with Gasteiger partial charge in [-0.2, -0.15) is 16.7 Å². The molecule has 1 aliphatic rings. The molecule has 0 aromatic carbocycles. The molecule has 19 heavy (non-hydrogen) atoms. The van der Waals surface area contributed by atoms with Crippen LogP contribution in [-0.4, -0.2) is 41.3 Å². The highest BCUT2D eigenvalue weighted by Gasteiger charge is 2.33. The summed E-state index contributed by atoms with van der Waals surface area (Å²) in [6.45, 7) is 4.80. The van der Waals surface area contributed by atoms with E-state index >= 15 is 0 Å². The second kappa shape index (κ2) is 7.26. The number of aromatic nitrogens is 2. The molecule has 0 amide bonds. The van der Waals surface area contributed by atoms with Gasteiger partial charge in [0, 0.05) is 24.2 Å². The summed E-state index contributed by atoms with van der Waals surface area (Å²) in [6, 6.07) is 0.426. The molecular formula is C13H23N3O2S. The Balaban J connectivity index is 2.08. The highest BCUT2D eigenvalue weighted by atomic mass is 32.2. The molecule has 5 nitrogen and oxygen atoms in total. The maximum atomic E-state index is 5.69. The van der Waals surface area contributed by atoms with Crippen molar-refractivity contribution < 1.29 is 9.26 Å². The fourth-order valence-electron chi connectivity index (χ4n) is 2.36. The van der Waals surface area contributed by atoms with Gasteiger partial charge in [-0.3, -0.25) is 0 Å². The Morgan fingerprint density at radius 2 is 2.32 bits per heavy atom. The summed E-state index contributed by atoms with van der Waals surface area (Å²) in [5.74, 6) is 3.91. The van der Waals surface area contributed by atoms with Crippen LogP contribution in [0, 0.1) is 0 Å². The predicted molar refractivity (Wildman–Crippen MR) is 76.5 cm³/mol. The van der Waals surface area contributed by atoms with Crippen molar-refractivity contribution in [2.75, 3.05) is 25.2 Å². The molecule has 1 fully saturated rings. The van der Waals surface area contributed by atoms with Crippen molar-refractivity contribution in [3.8, 4) is 0 Å². The van der Waals surface area contributed by atoms with Crippen molar-refractivity contribution in [1.29, 1.82) is 0 Å². The van der Waals surface area contributed by atoms with E-state index in [-0.39, 0.29) is 6.10 Å². The molecule has 2 rings (SSSR count). The summed E-state index contributed by atoms with van der Waals surface area (Å²) in [4.78, 5) is 4.57. The molecule has 1 aromatic heterocycles. The van der Waals surface area contributed by atoms with Crippen molar-refractivity contribution in [2.24, 2.45) is 0 Å². The number of nitrogens with one attached hydrogen (secondary N) is 1. The quantitative estimate of drug-likeness (QED) is 0.830. The maximum Gasteiger partial charge on any atom is 0.232 e. The number of nitrogens with zero attached hydrogens (tertiary/aromatic N) is 2. The molecule has 108 valence electrons. The molecule has 0 aliphatic carbocycles. The fourth-order valence-corrected chi connectivity index (χ4v) is 3.78. The number of thioether (sulfide) groups is 1. The molecule has 1 N–H and O–H groups in total. The molecule has 0 spiro atoms. The van der Waals surface area contributed by atoms with Gasteiger partial charge in [0.1, 0.15) is 6.10 Å². The number of ether oxygens (including phenoxy) is 1. The molecule has 0 bridgehead atoms. The van der Waals surface area contributed by atoms with Gasteiger partial charge in [-0.15, -0.1) is 0 Å². The van der Waals surface area contributed by atoms with Crippen LogP contribution in [0.3, 0.4) is 0 Å². The van der Waals surface area contributed by atoms with Gasteiger partial charge < -0.3 is 14.6 Å². The van der Waals surface area contributed by atoms with Crippen LogP contribution in [0.15, 0.2) is 4.52 Å². The van der Waals surface area contributed by atoms with E-state index in [1.807, 2.05) is 25.7 Å². The van der Waals surface area contributed by atoms with Gasteiger partial charge in [-0.05, 0) is 20.4 Å². The van der Waals surface area contributed by atoms with Gasteiger partial charge in [-0.1, -0.05) is 18.5 Å². The zero-order chi connectivity index (χ0) is 13.7. The summed E-state index contributed by atoms with van der Waals surface area (Å²) in [5, 5.41) is 7.44. The molecule has 1 saturated heterocycles. The summed E-state index contributed by atoms with van der Waals surface area (Å²) in [6.07, 6.45) is 1.95. The Bertz CT molecular complexity index is 380. The second-order valence-electron chi connectivity index (χ2n) is 4.76. The van der Waals surface area contributed by atoms with Crippen molar-refractivity contribution in [1.82, 2.24) is 15.5 Å². The molecular weight excluding hydrogens is 262 g/mol. The van der Waals surface area contributed by atoms with Gasteiger partial charge in [0.05, 0.1) is 5.92 Å². The lowest BCUT2D eigenvalue weighted by atomic mass is 10.0. The van der Waals surface area contributed by atoms with Crippen molar-refractivity contribution in [3.05, 3.63) is 11.7 Å². The average Bonchev–Trinajstić information content (AvgIpc) is 3.06. The summed E-state index contributed by atoms with van der Waals surface area (Å²) in [5.41, 5.74) is 0. The summed E-state index contributed by atoms with van der Waals surface area (Å²) in [7, 11) is 1.99. The van der Waals surface area contributed by atoms with Crippen LogP contribution in [0.1, 0.15) is 50.4 Å². The minimum absolute atomic E-state index is 0.0328. The Morgan fingerprint density at radius 1 is 1.47 bits per heavy atom. The zero-order valence-corrected chi connectivity index (χ0v) is 12.7. The van der Waals surface area contributed by atoms with E-state index in [1.54, 1.807) is 0 Å². The van der Waals surface area contributed by atoms with Crippen LogP contribution >= 0.6 is 11.8 Å². The van der Waals surface area contributed by atoms with Crippen LogP contribution in [-0.2, 0) is 4.74 Å². The van der Waals surface area contributed by atoms with Crippen LogP contribution < -0.4 is 5.32 Å². The Morgan fingerprint density at radius 3 is 3.00 bits per heavy atom. The maximum absolute atomic E-state index is 5.69. The van der Waals surface area contributed by atoms with E-state index in [1.165, 1.54) is 0 Å². The normalized spacial score (nSPS) is 24.8.